The van der Waals surface area contributed by atoms with Crippen LogP contribution < -0.4 is 5.69 Å². The molecule has 0 unspecified atom stereocenters. The van der Waals surface area contributed by atoms with Crippen LogP contribution in [0.3, 0.4) is 0 Å². The summed E-state index contributed by atoms with van der Waals surface area (Å²) in [6, 6.07) is 20.6. The Bertz CT molecular complexity index is 1260. The highest BCUT2D eigenvalue weighted by atomic mass is 35.5. The van der Waals surface area contributed by atoms with Crippen LogP contribution in [-0.4, -0.2) is 9.97 Å². The number of imidazole rings is 1. The standard InChI is InChI=1S/C23H17ClN2O/c24-19-7-3-5-16-10-9-15-4-1-2-6-17(15)18(22(16)19)12-14-8-11-20-21(13-14)26-23(27)25-20/h1-8,11-13H,9-10H2,(H2,25,26,27)/b18-12+. The summed E-state index contributed by atoms with van der Waals surface area (Å²) in [5.74, 6) is 0. The van der Waals surface area contributed by atoms with Gasteiger partial charge in [-0.3, -0.25) is 0 Å². The topological polar surface area (TPSA) is 48.6 Å². The summed E-state index contributed by atoms with van der Waals surface area (Å²) in [6.07, 6.45) is 4.12. The molecule has 2 N–H and O–H groups in total. The fourth-order valence-corrected chi connectivity index (χ4v) is 4.24. The summed E-state index contributed by atoms with van der Waals surface area (Å²) < 4.78 is 0. The van der Waals surface area contributed by atoms with Crippen LogP contribution in [0.2, 0.25) is 5.02 Å². The van der Waals surface area contributed by atoms with Crippen LogP contribution in [-0.2, 0) is 12.8 Å². The fourth-order valence-electron chi connectivity index (χ4n) is 3.94. The molecule has 0 amide bonds. The first kappa shape index (κ1) is 16.2. The lowest BCUT2D eigenvalue weighted by Gasteiger charge is -2.14. The first-order valence-corrected chi connectivity index (χ1v) is 9.36. The third-order valence-electron chi connectivity index (χ3n) is 5.19. The van der Waals surface area contributed by atoms with Gasteiger partial charge >= 0.3 is 5.69 Å². The van der Waals surface area contributed by atoms with E-state index in [9.17, 15) is 4.79 Å². The van der Waals surface area contributed by atoms with Gasteiger partial charge in [-0.15, -0.1) is 0 Å². The van der Waals surface area contributed by atoms with Gasteiger partial charge in [0.25, 0.3) is 0 Å². The zero-order valence-corrected chi connectivity index (χ0v) is 15.3. The van der Waals surface area contributed by atoms with E-state index in [1.54, 1.807) is 0 Å². The molecule has 0 fully saturated rings. The number of hydrogen-bond donors (Lipinski definition) is 2. The molecule has 0 saturated carbocycles. The molecule has 4 aromatic rings. The maximum atomic E-state index is 11.6. The Balaban J connectivity index is 1.78. The van der Waals surface area contributed by atoms with Crippen molar-refractivity contribution in [2.75, 3.05) is 0 Å². The van der Waals surface area contributed by atoms with Crippen molar-refractivity contribution in [1.29, 1.82) is 0 Å². The monoisotopic (exact) mass is 372 g/mol. The molecule has 0 aliphatic heterocycles. The van der Waals surface area contributed by atoms with Gasteiger partial charge in [-0.1, -0.05) is 54.1 Å². The van der Waals surface area contributed by atoms with Crippen LogP contribution in [0, 0.1) is 0 Å². The average Bonchev–Trinajstić information content (AvgIpc) is 2.96. The lowest BCUT2D eigenvalue weighted by Crippen LogP contribution is -1.99. The van der Waals surface area contributed by atoms with Gasteiger partial charge in [0.05, 0.1) is 11.0 Å². The molecule has 1 aliphatic rings. The number of hydrogen-bond acceptors (Lipinski definition) is 1. The van der Waals surface area contributed by atoms with Crippen LogP contribution in [0.1, 0.15) is 27.8 Å². The normalized spacial score (nSPS) is 14.8. The van der Waals surface area contributed by atoms with E-state index in [0.717, 1.165) is 45.6 Å². The van der Waals surface area contributed by atoms with Crippen LogP contribution >= 0.6 is 11.6 Å². The summed E-state index contributed by atoms with van der Waals surface area (Å²) in [4.78, 5) is 17.2. The van der Waals surface area contributed by atoms with Gasteiger partial charge in [-0.2, -0.15) is 0 Å². The Labute approximate surface area is 161 Å². The molecule has 0 bridgehead atoms. The molecule has 3 aromatic carbocycles. The summed E-state index contributed by atoms with van der Waals surface area (Å²) in [6.45, 7) is 0. The average molecular weight is 373 g/mol. The van der Waals surface area contributed by atoms with E-state index in [4.69, 9.17) is 11.6 Å². The Hall–Kier alpha value is -3.04. The minimum atomic E-state index is -0.192. The molecular formula is C23H17ClN2O. The Morgan fingerprint density at radius 2 is 1.63 bits per heavy atom. The number of halogens is 1. The lowest BCUT2D eigenvalue weighted by molar-refractivity contribution is 0.965. The first-order chi connectivity index (χ1) is 13.2. The van der Waals surface area contributed by atoms with Crippen LogP contribution in [0.4, 0.5) is 0 Å². The van der Waals surface area contributed by atoms with Crippen molar-refractivity contribution in [2.24, 2.45) is 0 Å². The minimum Gasteiger partial charge on any atom is -0.306 e. The van der Waals surface area contributed by atoms with Crippen LogP contribution in [0.15, 0.2) is 65.5 Å². The summed E-state index contributed by atoms with van der Waals surface area (Å²) in [7, 11) is 0. The lowest BCUT2D eigenvalue weighted by atomic mass is 9.92. The van der Waals surface area contributed by atoms with Crippen molar-refractivity contribution in [3.63, 3.8) is 0 Å². The van der Waals surface area contributed by atoms with E-state index in [2.05, 4.69) is 46.4 Å². The maximum Gasteiger partial charge on any atom is 0.323 e. The van der Waals surface area contributed by atoms with Crippen molar-refractivity contribution in [2.45, 2.75) is 12.8 Å². The number of rotatable bonds is 1. The van der Waals surface area contributed by atoms with Crippen molar-refractivity contribution >= 4 is 34.3 Å². The molecule has 27 heavy (non-hydrogen) atoms. The van der Waals surface area contributed by atoms with Crippen LogP contribution in [0.25, 0.3) is 22.7 Å². The second kappa shape index (κ2) is 6.29. The van der Waals surface area contributed by atoms with Gasteiger partial charge in [-0.05, 0) is 64.9 Å². The molecule has 1 aromatic heterocycles. The second-order valence-electron chi connectivity index (χ2n) is 6.87. The fraction of sp³-hybridized carbons (Fsp3) is 0.0870. The largest absolute Gasteiger partial charge is 0.323 e. The van der Waals surface area contributed by atoms with Crippen LogP contribution in [0.5, 0.6) is 0 Å². The summed E-state index contributed by atoms with van der Waals surface area (Å²) >= 11 is 6.65. The molecule has 4 heteroatoms. The van der Waals surface area contributed by atoms with Gasteiger partial charge < -0.3 is 9.97 Å². The van der Waals surface area contributed by atoms with E-state index < -0.39 is 0 Å². The molecule has 1 heterocycles. The van der Waals surface area contributed by atoms with Crippen molar-refractivity contribution in [1.82, 2.24) is 9.97 Å². The molecule has 0 radical (unpaired) electrons. The number of aromatic amines is 2. The highest BCUT2D eigenvalue weighted by molar-refractivity contribution is 6.33. The third kappa shape index (κ3) is 2.81. The molecule has 0 spiro atoms. The zero-order chi connectivity index (χ0) is 18.4. The van der Waals surface area contributed by atoms with E-state index in [1.807, 2.05) is 30.3 Å². The number of benzene rings is 3. The number of aromatic nitrogens is 2. The Morgan fingerprint density at radius 3 is 2.56 bits per heavy atom. The molecule has 132 valence electrons. The molecule has 3 nitrogen and oxygen atoms in total. The van der Waals surface area contributed by atoms with Crippen molar-refractivity contribution < 1.29 is 0 Å². The number of fused-ring (bicyclic) bond motifs is 3. The Morgan fingerprint density at radius 1 is 0.852 bits per heavy atom. The van der Waals surface area contributed by atoms with Gasteiger partial charge in [0.1, 0.15) is 0 Å². The molecule has 0 atom stereocenters. The highest BCUT2D eigenvalue weighted by Crippen LogP contribution is 2.38. The van der Waals surface area contributed by atoms with E-state index >= 15 is 0 Å². The Kier molecular flexibility index (Phi) is 3.76. The van der Waals surface area contributed by atoms with Gasteiger partial charge in [0.15, 0.2) is 0 Å². The highest BCUT2D eigenvalue weighted by Gasteiger charge is 2.20. The smallest absolute Gasteiger partial charge is 0.306 e. The van der Waals surface area contributed by atoms with Gasteiger partial charge in [-0.25, -0.2) is 4.79 Å². The van der Waals surface area contributed by atoms with Crippen molar-refractivity contribution in [3.05, 3.63) is 104 Å². The third-order valence-corrected chi connectivity index (χ3v) is 5.51. The second-order valence-corrected chi connectivity index (χ2v) is 7.28. The minimum absolute atomic E-state index is 0.192. The number of nitrogens with one attached hydrogen (secondary N) is 2. The zero-order valence-electron chi connectivity index (χ0n) is 14.6. The number of H-pyrrole nitrogens is 2. The SMILES string of the molecule is O=c1[nH]c2ccc(/C=C3\c4ccccc4CCc4cccc(Cl)c43)cc2[nH]1. The van der Waals surface area contributed by atoms with Crippen molar-refractivity contribution in [3.8, 4) is 0 Å². The molecule has 1 aliphatic carbocycles. The van der Waals surface area contributed by atoms with E-state index in [0.29, 0.717) is 0 Å². The first-order valence-electron chi connectivity index (χ1n) is 8.99. The van der Waals surface area contributed by atoms with Gasteiger partial charge in [0, 0.05) is 10.6 Å². The van der Waals surface area contributed by atoms with E-state index in [-0.39, 0.29) is 5.69 Å². The van der Waals surface area contributed by atoms with Gasteiger partial charge in [0.2, 0.25) is 0 Å². The predicted molar refractivity (Wildman–Crippen MR) is 111 cm³/mol. The number of aryl methyl sites for hydroxylation is 2. The summed E-state index contributed by atoms with van der Waals surface area (Å²) in [5, 5.41) is 0.770. The molecular weight excluding hydrogens is 356 g/mol. The maximum absolute atomic E-state index is 11.6. The molecule has 0 saturated heterocycles. The molecule has 5 rings (SSSR count). The van der Waals surface area contributed by atoms with E-state index in [1.165, 1.54) is 16.7 Å². The quantitative estimate of drug-likeness (QED) is 0.474. The summed E-state index contributed by atoms with van der Waals surface area (Å²) in [5.41, 5.74) is 8.48. The predicted octanol–water partition coefficient (Wildman–Crippen LogP) is 5.20.